The Bertz CT molecular complexity index is 751. The highest BCUT2D eigenvalue weighted by molar-refractivity contribution is 6.29. The zero-order valence-corrected chi connectivity index (χ0v) is 11.0. The van der Waals surface area contributed by atoms with Crippen molar-refractivity contribution in [2.75, 3.05) is 0 Å². The van der Waals surface area contributed by atoms with Crippen LogP contribution in [0.25, 0.3) is 11.1 Å². The summed E-state index contributed by atoms with van der Waals surface area (Å²) in [6.07, 6.45) is -4.18. The van der Waals surface area contributed by atoms with Gasteiger partial charge in [0.2, 0.25) is 0 Å². The van der Waals surface area contributed by atoms with E-state index in [1.807, 2.05) is 6.07 Å². The molecule has 0 N–H and O–H groups in total. The molecule has 0 saturated carbocycles. The van der Waals surface area contributed by atoms with Crippen molar-refractivity contribution in [3.8, 4) is 17.2 Å². The molecule has 0 unspecified atom stereocenters. The van der Waals surface area contributed by atoms with E-state index in [9.17, 15) is 18.0 Å². The van der Waals surface area contributed by atoms with E-state index in [-0.39, 0.29) is 27.4 Å². The number of nitriles is 1. The highest BCUT2D eigenvalue weighted by Gasteiger charge is 2.33. The maximum atomic E-state index is 12.7. The molecule has 0 bridgehead atoms. The number of benzene rings is 1. The zero-order valence-electron chi connectivity index (χ0n) is 10.3. The van der Waals surface area contributed by atoms with Gasteiger partial charge in [0.05, 0.1) is 11.6 Å². The van der Waals surface area contributed by atoms with Crippen molar-refractivity contribution < 1.29 is 18.0 Å². The van der Waals surface area contributed by atoms with Crippen molar-refractivity contribution >= 4 is 17.9 Å². The van der Waals surface area contributed by atoms with Crippen LogP contribution in [-0.4, -0.2) is 11.3 Å². The standard InChI is InChI=1S/C14H6ClF3N2O/c15-13-5-9(4-12(20-13)14(16,17)18)11-2-1-8(6-19)3-10(11)7-21/h1-5,7H. The molecule has 0 aliphatic heterocycles. The summed E-state index contributed by atoms with van der Waals surface area (Å²) < 4.78 is 38.2. The molecular formula is C14H6ClF3N2O. The van der Waals surface area contributed by atoms with E-state index >= 15 is 0 Å². The van der Waals surface area contributed by atoms with Gasteiger partial charge in [-0.3, -0.25) is 4.79 Å². The summed E-state index contributed by atoms with van der Waals surface area (Å²) in [6.45, 7) is 0. The molecule has 1 aromatic heterocycles. The summed E-state index contributed by atoms with van der Waals surface area (Å²) >= 11 is 5.61. The first-order chi connectivity index (χ1) is 9.85. The van der Waals surface area contributed by atoms with Crippen LogP contribution in [0.2, 0.25) is 5.15 Å². The van der Waals surface area contributed by atoms with Gasteiger partial charge < -0.3 is 0 Å². The highest BCUT2D eigenvalue weighted by Crippen LogP contribution is 2.33. The lowest BCUT2D eigenvalue weighted by Gasteiger charge is -2.10. The summed E-state index contributed by atoms with van der Waals surface area (Å²) in [5.41, 5.74) is -0.458. The Kier molecular flexibility index (Phi) is 3.96. The summed E-state index contributed by atoms with van der Waals surface area (Å²) in [7, 11) is 0. The normalized spacial score (nSPS) is 11.0. The quantitative estimate of drug-likeness (QED) is 0.619. The minimum Gasteiger partial charge on any atom is -0.298 e. The molecule has 3 nitrogen and oxygen atoms in total. The molecule has 2 aromatic rings. The molecule has 0 radical (unpaired) electrons. The molecule has 2 rings (SSSR count). The summed E-state index contributed by atoms with van der Waals surface area (Å²) in [4.78, 5) is 14.3. The Balaban J connectivity index is 2.65. The predicted octanol–water partition coefficient (Wildman–Crippen LogP) is 4.10. The molecule has 0 saturated heterocycles. The minimum atomic E-state index is -4.65. The van der Waals surface area contributed by atoms with Crippen LogP contribution in [0, 0.1) is 11.3 Å². The van der Waals surface area contributed by atoms with E-state index < -0.39 is 11.9 Å². The van der Waals surface area contributed by atoms with E-state index in [0.717, 1.165) is 6.07 Å². The van der Waals surface area contributed by atoms with Crippen LogP contribution in [0.3, 0.4) is 0 Å². The number of carbonyl (C=O) groups excluding carboxylic acids is 1. The Labute approximate surface area is 122 Å². The number of hydrogen-bond donors (Lipinski definition) is 0. The van der Waals surface area contributed by atoms with Gasteiger partial charge in [-0.25, -0.2) is 4.98 Å². The number of halogens is 4. The second kappa shape index (κ2) is 5.54. The molecule has 21 heavy (non-hydrogen) atoms. The lowest BCUT2D eigenvalue weighted by Crippen LogP contribution is -2.08. The average molecular weight is 311 g/mol. The fraction of sp³-hybridized carbons (Fsp3) is 0.0714. The molecule has 7 heteroatoms. The third-order valence-electron chi connectivity index (χ3n) is 2.70. The Hall–Kier alpha value is -2.39. The van der Waals surface area contributed by atoms with E-state index in [2.05, 4.69) is 4.98 Å². The number of hydrogen-bond acceptors (Lipinski definition) is 3. The molecule has 0 fully saturated rings. The Morgan fingerprint density at radius 1 is 1.24 bits per heavy atom. The molecule has 0 spiro atoms. The number of carbonyl (C=O) groups is 1. The van der Waals surface area contributed by atoms with E-state index in [1.165, 1.54) is 24.3 Å². The molecule has 0 amide bonds. The lowest BCUT2D eigenvalue weighted by molar-refractivity contribution is -0.141. The van der Waals surface area contributed by atoms with E-state index in [1.54, 1.807) is 0 Å². The van der Waals surface area contributed by atoms with Crippen molar-refractivity contribution in [1.82, 2.24) is 4.98 Å². The fourth-order valence-electron chi connectivity index (χ4n) is 1.79. The van der Waals surface area contributed by atoms with Crippen LogP contribution >= 0.6 is 11.6 Å². The smallest absolute Gasteiger partial charge is 0.298 e. The van der Waals surface area contributed by atoms with Crippen LogP contribution in [0.1, 0.15) is 21.6 Å². The minimum absolute atomic E-state index is 0.101. The summed E-state index contributed by atoms with van der Waals surface area (Å²) in [5, 5.41) is 8.44. The molecule has 106 valence electrons. The molecule has 1 aromatic carbocycles. The van der Waals surface area contributed by atoms with Gasteiger partial charge in [-0.05, 0) is 35.4 Å². The average Bonchev–Trinajstić information content (AvgIpc) is 2.45. The molecule has 1 heterocycles. The Morgan fingerprint density at radius 2 is 1.95 bits per heavy atom. The maximum absolute atomic E-state index is 12.7. The number of aromatic nitrogens is 1. The van der Waals surface area contributed by atoms with Crippen molar-refractivity contribution in [1.29, 1.82) is 5.26 Å². The first kappa shape index (κ1) is 15.0. The molecule has 0 atom stereocenters. The van der Waals surface area contributed by atoms with Crippen LogP contribution in [0.4, 0.5) is 13.2 Å². The molecule has 0 aliphatic rings. The van der Waals surface area contributed by atoms with Gasteiger partial charge in [-0.1, -0.05) is 17.7 Å². The second-order valence-electron chi connectivity index (χ2n) is 4.09. The number of alkyl halides is 3. The first-order valence-corrected chi connectivity index (χ1v) is 5.97. The topological polar surface area (TPSA) is 53.8 Å². The van der Waals surface area contributed by atoms with Gasteiger partial charge in [-0.2, -0.15) is 18.4 Å². The zero-order chi connectivity index (χ0) is 15.6. The molecular weight excluding hydrogens is 305 g/mol. The lowest BCUT2D eigenvalue weighted by atomic mass is 9.98. The van der Waals surface area contributed by atoms with Gasteiger partial charge in [-0.15, -0.1) is 0 Å². The third-order valence-corrected chi connectivity index (χ3v) is 2.90. The SMILES string of the molecule is N#Cc1ccc(-c2cc(Cl)nc(C(F)(F)F)c2)c(C=O)c1. The van der Waals surface area contributed by atoms with Crippen molar-refractivity contribution in [3.05, 3.63) is 52.3 Å². The van der Waals surface area contributed by atoms with Crippen molar-refractivity contribution in [2.24, 2.45) is 0 Å². The van der Waals surface area contributed by atoms with Crippen LogP contribution < -0.4 is 0 Å². The molecule has 0 aliphatic carbocycles. The number of nitrogens with zero attached hydrogens (tertiary/aromatic N) is 2. The second-order valence-corrected chi connectivity index (χ2v) is 4.48. The van der Waals surface area contributed by atoms with Gasteiger partial charge in [0.25, 0.3) is 0 Å². The first-order valence-electron chi connectivity index (χ1n) is 5.59. The number of rotatable bonds is 2. The van der Waals surface area contributed by atoms with Crippen molar-refractivity contribution in [3.63, 3.8) is 0 Å². The van der Waals surface area contributed by atoms with Gasteiger partial charge in [0.15, 0.2) is 6.29 Å². The fourth-order valence-corrected chi connectivity index (χ4v) is 2.00. The summed E-state index contributed by atoms with van der Waals surface area (Å²) in [6, 6.07) is 7.98. The van der Waals surface area contributed by atoms with Crippen LogP contribution in [-0.2, 0) is 6.18 Å². The van der Waals surface area contributed by atoms with E-state index in [4.69, 9.17) is 16.9 Å². The number of pyridine rings is 1. The predicted molar refractivity (Wildman–Crippen MR) is 69.8 cm³/mol. The van der Waals surface area contributed by atoms with Gasteiger partial charge in [0, 0.05) is 5.56 Å². The van der Waals surface area contributed by atoms with Gasteiger partial charge in [0.1, 0.15) is 10.8 Å². The van der Waals surface area contributed by atoms with Crippen molar-refractivity contribution in [2.45, 2.75) is 6.18 Å². The Morgan fingerprint density at radius 3 is 2.52 bits per heavy atom. The van der Waals surface area contributed by atoms with E-state index in [0.29, 0.717) is 6.29 Å². The number of aldehydes is 1. The van der Waals surface area contributed by atoms with Crippen LogP contribution in [0.5, 0.6) is 0 Å². The van der Waals surface area contributed by atoms with Crippen LogP contribution in [0.15, 0.2) is 30.3 Å². The summed E-state index contributed by atoms with van der Waals surface area (Å²) in [5.74, 6) is 0. The highest BCUT2D eigenvalue weighted by atomic mass is 35.5. The maximum Gasteiger partial charge on any atom is 0.433 e. The monoisotopic (exact) mass is 310 g/mol. The largest absolute Gasteiger partial charge is 0.433 e. The van der Waals surface area contributed by atoms with Gasteiger partial charge >= 0.3 is 6.18 Å². The third kappa shape index (κ3) is 3.20.